The van der Waals surface area contributed by atoms with Crippen molar-refractivity contribution in [2.75, 3.05) is 17.6 Å². The van der Waals surface area contributed by atoms with Gasteiger partial charge in [-0.2, -0.15) is 0 Å². The van der Waals surface area contributed by atoms with Gasteiger partial charge >= 0.3 is 0 Å². The van der Waals surface area contributed by atoms with Gasteiger partial charge in [-0.25, -0.2) is 12.8 Å². The van der Waals surface area contributed by atoms with E-state index in [0.29, 0.717) is 10.2 Å². The van der Waals surface area contributed by atoms with E-state index in [2.05, 4.69) is 20.7 Å². The van der Waals surface area contributed by atoms with Gasteiger partial charge in [0, 0.05) is 10.5 Å². The van der Waals surface area contributed by atoms with E-state index in [0.717, 1.165) is 6.07 Å². The molecule has 0 aliphatic heterocycles. The zero-order chi connectivity index (χ0) is 15.6. The molecule has 0 aliphatic rings. The van der Waals surface area contributed by atoms with E-state index in [1.807, 2.05) is 0 Å². The molecule has 0 saturated heterocycles. The maximum absolute atomic E-state index is 13.8. The van der Waals surface area contributed by atoms with Gasteiger partial charge in [0.1, 0.15) is 16.5 Å². The molecule has 2 aromatic rings. The van der Waals surface area contributed by atoms with Crippen molar-refractivity contribution in [2.45, 2.75) is 4.90 Å². The van der Waals surface area contributed by atoms with Crippen LogP contribution in [-0.2, 0) is 10.0 Å². The van der Waals surface area contributed by atoms with Crippen LogP contribution in [0.15, 0.2) is 45.8 Å². The van der Waals surface area contributed by atoms with Crippen molar-refractivity contribution in [3.8, 4) is 5.75 Å². The Labute approximate surface area is 130 Å². The molecule has 5 nitrogen and oxygen atoms in total. The molecule has 0 aromatic heterocycles. The van der Waals surface area contributed by atoms with Crippen LogP contribution in [0.5, 0.6) is 5.75 Å². The maximum atomic E-state index is 13.8. The van der Waals surface area contributed by atoms with Crippen molar-refractivity contribution in [1.29, 1.82) is 0 Å². The first-order chi connectivity index (χ1) is 9.85. The number of nitrogen functional groups attached to an aromatic ring is 1. The van der Waals surface area contributed by atoms with Crippen molar-refractivity contribution in [3.05, 3.63) is 46.7 Å². The first-order valence-electron chi connectivity index (χ1n) is 5.75. The quantitative estimate of drug-likeness (QED) is 0.806. The number of halogens is 2. The second kappa shape index (κ2) is 5.90. The van der Waals surface area contributed by atoms with Crippen LogP contribution in [0, 0.1) is 5.82 Å². The summed E-state index contributed by atoms with van der Waals surface area (Å²) in [6.07, 6.45) is 0. The van der Waals surface area contributed by atoms with Crippen LogP contribution in [0.4, 0.5) is 15.8 Å². The molecule has 0 bridgehead atoms. The SMILES string of the molecule is COc1ccc(Br)c(NS(=O)(=O)c2c(N)cccc2F)c1. The first kappa shape index (κ1) is 15.6. The zero-order valence-electron chi connectivity index (χ0n) is 10.9. The van der Waals surface area contributed by atoms with E-state index in [1.165, 1.54) is 25.3 Å². The molecule has 0 heterocycles. The summed E-state index contributed by atoms with van der Waals surface area (Å²) < 4.78 is 46.2. The highest BCUT2D eigenvalue weighted by atomic mass is 79.9. The molecular weight excluding hydrogens is 363 g/mol. The van der Waals surface area contributed by atoms with Crippen molar-refractivity contribution in [1.82, 2.24) is 0 Å². The Morgan fingerprint density at radius 2 is 2.00 bits per heavy atom. The lowest BCUT2D eigenvalue weighted by atomic mass is 10.3. The fourth-order valence-corrected chi connectivity index (χ4v) is 3.45. The van der Waals surface area contributed by atoms with Gasteiger partial charge in [-0.1, -0.05) is 6.07 Å². The second-order valence-electron chi connectivity index (χ2n) is 4.11. The van der Waals surface area contributed by atoms with Crippen LogP contribution in [0.1, 0.15) is 0 Å². The van der Waals surface area contributed by atoms with Crippen LogP contribution in [0.2, 0.25) is 0 Å². The van der Waals surface area contributed by atoms with Crippen LogP contribution >= 0.6 is 15.9 Å². The largest absolute Gasteiger partial charge is 0.497 e. The highest BCUT2D eigenvalue weighted by Gasteiger charge is 2.23. The number of sulfonamides is 1. The maximum Gasteiger partial charge on any atom is 0.266 e. The predicted molar refractivity (Wildman–Crippen MR) is 82.3 cm³/mol. The van der Waals surface area contributed by atoms with Gasteiger partial charge in [-0.05, 0) is 40.2 Å². The standard InChI is InChI=1S/C13H12BrFN2O3S/c1-20-8-5-6-9(14)12(7-8)17-21(18,19)13-10(15)3-2-4-11(13)16/h2-7,17H,16H2,1H3. The topological polar surface area (TPSA) is 81.4 Å². The van der Waals surface area contributed by atoms with Gasteiger partial charge in [0.25, 0.3) is 10.0 Å². The van der Waals surface area contributed by atoms with Crippen molar-refractivity contribution in [2.24, 2.45) is 0 Å². The van der Waals surface area contributed by atoms with Crippen molar-refractivity contribution in [3.63, 3.8) is 0 Å². The van der Waals surface area contributed by atoms with E-state index >= 15 is 0 Å². The van der Waals surface area contributed by atoms with E-state index in [4.69, 9.17) is 10.5 Å². The van der Waals surface area contributed by atoms with Gasteiger partial charge in [-0.3, -0.25) is 4.72 Å². The van der Waals surface area contributed by atoms with Crippen molar-refractivity contribution < 1.29 is 17.5 Å². The van der Waals surface area contributed by atoms with E-state index in [9.17, 15) is 12.8 Å². The molecule has 0 amide bonds. The zero-order valence-corrected chi connectivity index (χ0v) is 13.3. The molecule has 0 saturated carbocycles. The Morgan fingerprint density at radius 3 is 2.62 bits per heavy atom. The molecule has 2 aromatic carbocycles. The van der Waals surface area contributed by atoms with Crippen LogP contribution in [-0.4, -0.2) is 15.5 Å². The highest BCUT2D eigenvalue weighted by Crippen LogP contribution is 2.31. The molecule has 0 aliphatic carbocycles. The van der Waals surface area contributed by atoms with Crippen LogP contribution < -0.4 is 15.2 Å². The Hall–Kier alpha value is -1.80. The summed E-state index contributed by atoms with van der Waals surface area (Å²) in [4.78, 5) is -0.584. The third-order valence-electron chi connectivity index (χ3n) is 2.68. The second-order valence-corrected chi connectivity index (χ2v) is 6.58. The number of hydrogen-bond donors (Lipinski definition) is 2. The van der Waals surface area contributed by atoms with Gasteiger partial charge < -0.3 is 10.5 Å². The molecule has 2 rings (SSSR count). The van der Waals surface area contributed by atoms with E-state index < -0.39 is 20.7 Å². The third kappa shape index (κ3) is 3.27. The number of nitrogens with two attached hydrogens (primary N) is 1. The molecular formula is C13H12BrFN2O3S. The van der Waals surface area contributed by atoms with Gasteiger partial charge in [-0.15, -0.1) is 0 Å². The summed E-state index contributed by atoms with van der Waals surface area (Å²) >= 11 is 3.21. The minimum absolute atomic E-state index is 0.165. The summed E-state index contributed by atoms with van der Waals surface area (Å²) in [5.74, 6) is -0.459. The highest BCUT2D eigenvalue weighted by molar-refractivity contribution is 9.10. The molecule has 0 spiro atoms. The molecule has 3 N–H and O–H groups in total. The monoisotopic (exact) mass is 374 g/mol. The number of rotatable bonds is 4. The molecule has 0 radical (unpaired) electrons. The summed E-state index contributed by atoms with van der Waals surface area (Å²) in [5.41, 5.74) is 5.61. The minimum atomic E-state index is -4.16. The van der Waals surface area contributed by atoms with E-state index in [1.54, 1.807) is 12.1 Å². The molecule has 112 valence electrons. The Balaban J connectivity index is 2.47. The number of anilines is 2. The molecule has 0 fully saturated rings. The Morgan fingerprint density at radius 1 is 1.29 bits per heavy atom. The van der Waals surface area contributed by atoms with Gasteiger partial charge in [0.2, 0.25) is 0 Å². The first-order valence-corrected chi connectivity index (χ1v) is 8.03. The smallest absolute Gasteiger partial charge is 0.266 e. The Bertz CT molecular complexity index is 761. The minimum Gasteiger partial charge on any atom is -0.497 e. The fourth-order valence-electron chi connectivity index (χ4n) is 1.71. The normalized spacial score (nSPS) is 11.2. The molecule has 8 heteroatoms. The number of methoxy groups -OCH3 is 1. The number of ether oxygens (including phenoxy) is 1. The van der Waals surface area contributed by atoms with Crippen molar-refractivity contribution >= 4 is 37.3 Å². The predicted octanol–water partition coefficient (Wildman–Crippen LogP) is 2.98. The number of benzene rings is 2. The van der Waals surface area contributed by atoms with Gasteiger partial charge in [0.15, 0.2) is 0 Å². The van der Waals surface area contributed by atoms with Gasteiger partial charge in [0.05, 0.1) is 18.5 Å². The van der Waals surface area contributed by atoms with Crippen LogP contribution in [0.25, 0.3) is 0 Å². The summed E-state index contributed by atoms with van der Waals surface area (Å²) in [6.45, 7) is 0. The fraction of sp³-hybridized carbons (Fsp3) is 0.0769. The van der Waals surface area contributed by atoms with E-state index in [-0.39, 0.29) is 11.4 Å². The lowest BCUT2D eigenvalue weighted by molar-refractivity contribution is 0.415. The number of hydrogen-bond acceptors (Lipinski definition) is 4. The Kier molecular flexibility index (Phi) is 4.38. The third-order valence-corrected chi connectivity index (χ3v) is 4.83. The summed E-state index contributed by atoms with van der Waals surface area (Å²) in [6, 6.07) is 8.42. The summed E-state index contributed by atoms with van der Waals surface area (Å²) in [5, 5.41) is 0. The molecule has 0 unspecified atom stereocenters. The molecule has 21 heavy (non-hydrogen) atoms. The average molecular weight is 375 g/mol. The number of nitrogens with one attached hydrogen (secondary N) is 1. The average Bonchev–Trinajstić information content (AvgIpc) is 2.40. The lowest BCUT2D eigenvalue weighted by Crippen LogP contribution is -2.16. The van der Waals surface area contributed by atoms with Crippen LogP contribution in [0.3, 0.4) is 0 Å². The lowest BCUT2D eigenvalue weighted by Gasteiger charge is -2.13. The molecule has 0 atom stereocenters. The summed E-state index contributed by atoms with van der Waals surface area (Å²) in [7, 11) is -2.70.